The molecule has 0 rings (SSSR count). The Kier molecular flexibility index (Phi) is 39.1. The molecule has 0 bridgehead atoms. The summed E-state index contributed by atoms with van der Waals surface area (Å²) in [5.41, 5.74) is 1.20. The first-order valence-electron chi connectivity index (χ1n) is 22.0. The Balaban J connectivity index is 3.65. The van der Waals surface area contributed by atoms with Crippen LogP contribution in [-0.4, -0.2) is 149 Å². The van der Waals surface area contributed by atoms with Gasteiger partial charge in [0.1, 0.15) is 19.3 Å². The van der Waals surface area contributed by atoms with Gasteiger partial charge in [-0.25, -0.2) is 4.79 Å². The summed E-state index contributed by atoms with van der Waals surface area (Å²) in [6, 6.07) is -1.96. The topological polar surface area (TPSA) is 277 Å². The molecule has 2 atom stereocenters. The number of hydrogen-bond donors (Lipinski definition) is 8. The molecule has 0 spiro atoms. The molecule has 0 unspecified atom stereocenters. The minimum atomic E-state index is -1.19. The second-order valence-corrected chi connectivity index (χ2v) is 14.8. The Hall–Kier alpha value is -3.69. The van der Waals surface area contributed by atoms with Crippen LogP contribution in [0, 0.1) is 0 Å². The molecule has 61 heavy (non-hydrogen) atoms. The lowest BCUT2D eigenvalue weighted by Gasteiger charge is -2.14. The van der Waals surface area contributed by atoms with E-state index < -0.39 is 29.7 Å². The van der Waals surface area contributed by atoms with E-state index in [0.717, 1.165) is 44.9 Å². The van der Waals surface area contributed by atoms with Crippen LogP contribution in [-0.2, 0) is 52.5 Å². The normalized spacial score (nSPS) is 12.0. The molecule has 19 nitrogen and oxygen atoms in total. The Morgan fingerprint density at radius 1 is 0.443 bits per heavy atom. The highest BCUT2D eigenvalue weighted by Crippen LogP contribution is 2.14. The molecule has 0 heterocycles. The van der Waals surface area contributed by atoms with Crippen molar-refractivity contribution in [1.82, 2.24) is 26.7 Å². The predicted molar refractivity (Wildman–Crippen MR) is 226 cm³/mol. The van der Waals surface area contributed by atoms with Crippen LogP contribution in [0.3, 0.4) is 0 Å². The SMILES string of the molecule is [B]C(=O)[C@H](CCCCNC(=O)COCCOCCNC(=O)COCCOCCNC(=O)CC[C@H](NC(=O)CCCCCCCCCCCCCCCCC(=O)O)C(=O)O)NO. The number of carbonyl (C=O) groups excluding carboxylic acids is 5. The molecule has 0 aliphatic heterocycles. The van der Waals surface area contributed by atoms with E-state index in [-0.39, 0.29) is 115 Å². The zero-order valence-corrected chi connectivity index (χ0v) is 36.2. The van der Waals surface area contributed by atoms with Crippen molar-refractivity contribution >= 4 is 49.1 Å². The maximum Gasteiger partial charge on any atom is 0.326 e. The average molecular weight is 872 g/mol. The van der Waals surface area contributed by atoms with Gasteiger partial charge in [0.25, 0.3) is 0 Å². The monoisotopic (exact) mass is 872 g/mol. The van der Waals surface area contributed by atoms with Crippen molar-refractivity contribution in [2.75, 3.05) is 72.5 Å². The fraction of sp³-hybridized carbons (Fsp3) is 0.829. The minimum Gasteiger partial charge on any atom is -0.481 e. The lowest BCUT2D eigenvalue weighted by Crippen LogP contribution is -2.41. The summed E-state index contributed by atoms with van der Waals surface area (Å²) in [7, 11) is 5.11. The van der Waals surface area contributed by atoms with Crippen LogP contribution in [0.15, 0.2) is 0 Å². The summed E-state index contributed by atoms with van der Waals surface area (Å²) in [5.74, 6) is -3.23. The van der Waals surface area contributed by atoms with Gasteiger partial charge in [0.05, 0.1) is 51.4 Å². The number of hydroxylamine groups is 1. The molecule has 0 aliphatic rings. The molecular weight excluding hydrogens is 797 g/mol. The number of ether oxygens (including phenoxy) is 4. The molecule has 20 heteroatoms. The lowest BCUT2D eigenvalue weighted by atomic mass is 9.92. The summed E-state index contributed by atoms with van der Waals surface area (Å²) >= 11 is 0. The average Bonchev–Trinajstić information content (AvgIpc) is 3.22. The third-order valence-electron chi connectivity index (χ3n) is 9.43. The van der Waals surface area contributed by atoms with Crippen molar-refractivity contribution in [2.45, 2.75) is 147 Å². The summed E-state index contributed by atoms with van der Waals surface area (Å²) in [4.78, 5) is 81.3. The molecule has 0 saturated heterocycles. The number of carboxylic acid groups (broad SMARTS) is 2. The highest BCUT2D eigenvalue weighted by atomic mass is 16.5. The van der Waals surface area contributed by atoms with E-state index in [2.05, 4.69) is 21.3 Å². The number of rotatable bonds is 45. The summed E-state index contributed by atoms with van der Waals surface area (Å²) < 4.78 is 21.2. The van der Waals surface area contributed by atoms with E-state index in [9.17, 15) is 38.7 Å². The number of carbonyl (C=O) groups is 7. The van der Waals surface area contributed by atoms with E-state index >= 15 is 0 Å². The van der Waals surface area contributed by atoms with Gasteiger partial charge in [-0.05, 0) is 38.5 Å². The van der Waals surface area contributed by atoms with Gasteiger partial charge in [-0.15, -0.1) is 0 Å². The van der Waals surface area contributed by atoms with Gasteiger partial charge < -0.3 is 60.4 Å². The van der Waals surface area contributed by atoms with Crippen LogP contribution >= 0.6 is 0 Å². The highest BCUT2D eigenvalue weighted by Gasteiger charge is 2.21. The number of carboxylic acids is 2. The third-order valence-corrected chi connectivity index (χ3v) is 9.43. The molecule has 0 aliphatic carbocycles. The second kappa shape index (κ2) is 41.7. The van der Waals surface area contributed by atoms with E-state index in [1.807, 2.05) is 5.48 Å². The summed E-state index contributed by atoms with van der Waals surface area (Å²) in [6.07, 6.45) is 16.9. The maximum absolute atomic E-state index is 12.3. The second-order valence-electron chi connectivity index (χ2n) is 14.8. The molecule has 0 saturated carbocycles. The molecule has 0 aromatic carbocycles. The van der Waals surface area contributed by atoms with Crippen LogP contribution in [0.5, 0.6) is 0 Å². The van der Waals surface area contributed by atoms with Crippen LogP contribution < -0.4 is 26.7 Å². The third kappa shape index (κ3) is 40.2. The zero-order valence-electron chi connectivity index (χ0n) is 36.2. The van der Waals surface area contributed by atoms with E-state index in [0.29, 0.717) is 32.2 Å². The molecule has 2 radical (unpaired) electrons. The quantitative estimate of drug-likeness (QED) is 0.0248. The van der Waals surface area contributed by atoms with Crippen LogP contribution in [0.2, 0.25) is 0 Å². The van der Waals surface area contributed by atoms with Crippen molar-refractivity contribution in [3.05, 3.63) is 0 Å². The van der Waals surface area contributed by atoms with Gasteiger partial charge >= 0.3 is 11.9 Å². The molecule has 0 aromatic heterocycles. The molecule has 0 aromatic rings. The predicted octanol–water partition coefficient (Wildman–Crippen LogP) is 2.29. The largest absolute Gasteiger partial charge is 0.481 e. The number of nitrogens with one attached hydrogen (secondary N) is 5. The first-order chi connectivity index (χ1) is 29.5. The van der Waals surface area contributed by atoms with Crippen molar-refractivity contribution in [2.24, 2.45) is 0 Å². The number of aliphatic carboxylic acids is 2. The zero-order chi connectivity index (χ0) is 45.2. The lowest BCUT2D eigenvalue weighted by molar-refractivity contribution is -0.142. The van der Waals surface area contributed by atoms with Crippen LogP contribution in [0.1, 0.15) is 135 Å². The van der Waals surface area contributed by atoms with E-state index in [1.165, 1.54) is 38.5 Å². The number of hydrogen-bond acceptors (Lipinski definition) is 13. The van der Waals surface area contributed by atoms with Gasteiger partial charge in [0, 0.05) is 38.9 Å². The number of unbranched alkanes of at least 4 members (excludes halogenated alkanes) is 14. The molecular formula is C41H74BN5O14. The minimum absolute atomic E-state index is 0.0329. The Morgan fingerprint density at radius 2 is 0.885 bits per heavy atom. The highest BCUT2D eigenvalue weighted by molar-refractivity contribution is 6.59. The van der Waals surface area contributed by atoms with Gasteiger partial charge in [-0.2, -0.15) is 5.48 Å². The first-order valence-corrected chi connectivity index (χ1v) is 22.0. The molecule has 4 amide bonds. The fourth-order valence-electron chi connectivity index (χ4n) is 5.94. The Labute approximate surface area is 362 Å². The standard InChI is InChI=1S/C41H74BN5O14/c42-40(54)33(47-57)17-15-16-22-43-37(50)31-60-29-28-59-26-24-45-38(51)32-61-30-27-58-25-23-44-35(48)21-20-34(41(55)56)46-36(49)18-13-11-9-7-5-3-1-2-4-6-8-10-12-14-19-39(52)53/h33-34,47,57H,1-32H2,(H,43,50)(H,44,48)(H,45,51)(H,46,49)(H,52,53)(H,55,56)/t33-,34-/m0/s1. The maximum atomic E-state index is 12.3. The van der Waals surface area contributed by atoms with E-state index in [4.69, 9.17) is 37.1 Å². The van der Waals surface area contributed by atoms with Crippen molar-refractivity contribution in [3.63, 3.8) is 0 Å². The molecule has 8 N–H and O–H groups in total. The van der Waals surface area contributed by atoms with Crippen LogP contribution in [0.25, 0.3) is 0 Å². The summed E-state index contributed by atoms with van der Waals surface area (Å²) in [5, 5.41) is 37.5. The summed E-state index contributed by atoms with van der Waals surface area (Å²) in [6.45, 7) is 1.74. The van der Waals surface area contributed by atoms with Gasteiger partial charge in [0.2, 0.25) is 23.6 Å². The fourth-order valence-corrected chi connectivity index (χ4v) is 5.94. The van der Waals surface area contributed by atoms with E-state index in [1.54, 1.807) is 0 Å². The Bertz CT molecular complexity index is 1200. The van der Waals surface area contributed by atoms with Gasteiger partial charge in [0.15, 0.2) is 7.85 Å². The smallest absolute Gasteiger partial charge is 0.326 e. The Morgan fingerprint density at radius 3 is 1.34 bits per heavy atom. The van der Waals surface area contributed by atoms with Crippen molar-refractivity contribution < 1.29 is 67.9 Å². The van der Waals surface area contributed by atoms with Crippen molar-refractivity contribution in [3.8, 4) is 0 Å². The van der Waals surface area contributed by atoms with Gasteiger partial charge in [-0.3, -0.25) is 24.0 Å². The first kappa shape index (κ1) is 57.3. The molecule has 350 valence electrons. The van der Waals surface area contributed by atoms with Gasteiger partial charge in [-0.1, -0.05) is 77.0 Å². The number of amides is 4. The van der Waals surface area contributed by atoms with Crippen LogP contribution in [0.4, 0.5) is 0 Å². The van der Waals surface area contributed by atoms with Crippen molar-refractivity contribution in [1.29, 1.82) is 0 Å². The molecule has 0 fully saturated rings.